The molecule has 0 spiro atoms. The summed E-state index contributed by atoms with van der Waals surface area (Å²) in [6.45, 7) is 5.53. The zero-order valence-corrected chi connectivity index (χ0v) is 13.7. The van der Waals surface area contributed by atoms with Crippen molar-refractivity contribution in [1.82, 2.24) is 15.6 Å². The zero-order valence-electron chi connectivity index (χ0n) is 12.9. The summed E-state index contributed by atoms with van der Waals surface area (Å²) >= 11 is 1.53. The normalized spacial score (nSPS) is 11.7. The van der Waals surface area contributed by atoms with Gasteiger partial charge >= 0.3 is 6.03 Å². The molecule has 2 aromatic rings. The largest absolute Gasteiger partial charge is 0.385 e. The lowest BCUT2D eigenvalue weighted by molar-refractivity contribution is 0.237. The molecule has 2 amide bonds. The zero-order chi connectivity index (χ0) is 15.8. The number of thiazole rings is 1. The van der Waals surface area contributed by atoms with E-state index in [0.29, 0.717) is 6.54 Å². The molecule has 6 heteroatoms. The fourth-order valence-corrected chi connectivity index (χ4v) is 2.60. The van der Waals surface area contributed by atoms with Gasteiger partial charge in [0.2, 0.25) is 0 Å². The summed E-state index contributed by atoms with van der Waals surface area (Å²) in [6, 6.07) is 7.83. The third kappa shape index (κ3) is 5.04. The lowest BCUT2D eigenvalue weighted by Gasteiger charge is -2.12. The van der Waals surface area contributed by atoms with Gasteiger partial charge < -0.3 is 16.0 Å². The summed E-state index contributed by atoms with van der Waals surface area (Å²) in [4.78, 5) is 16.1. The van der Waals surface area contributed by atoms with E-state index in [2.05, 4.69) is 27.9 Å². The maximum atomic E-state index is 11.9. The van der Waals surface area contributed by atoms with E-state index in [-0.39, 0.29) is 12.1 Å². The number of rotatable bonds is 7. The minimum absolute atomic E-state index is 0.0828. The first-order valence-electron chi connectivity index (χ1n) is 7.45. The Morgan fingerprint density at radius 3 is 2.73 bits per heavy atom. The highest BCUT2D eigenvalue weighted by Gasteiger charge is 2.10. The second-order valence-electron chi connectivity index (χ2n) is 5.04. The summed E-state index contributed by atoms with van der Waals surface area (Å²) in [5, 5.41) is 11.9. The molecule has 118 valence electrons. The molecule has 1 aromatic heterocycles. The van der Waals surface area contributed by atoms with E-state index in [4.69, 9.17) is 0 Å². The molecule has 0 fully saturated rings. The predicted octanol–water partition coefficient (Wildman–Crippen LogP) is 3.53. The smallest absolute Gasteiger partial charge is 0.315 e. The van der Waals surface area contributed by atoms with Crippen molar-refractivity contribution >= 4 is 23.1 Å². The summed E-state index contributed by atoms with van der Waals surface area (Å²) in [5.74, 6) is 0. The lowest BCUT2D eigenvalue weighted by Crippen LogP contribution is -2.36. The van der Waals surface area contributed by atoms with Crippen molar-refractivity contribution in [2.75, 3.05) is 11.9 Å². The molecule has 1 atom stereocenters. The molecule has 0 saturated heterocycles. The van der Waals surface area contributed by atoms with E-state index >= 15 is 0 Å². The van der Waals surface area contributed by atoms with Crippen LogP contribution < -0.4 is 16.0 Å². The van der Waals surface area contributed by atoms with Crippen LogP contribution in [0.25, 0.3) is 0 Å². The molecule has 5 nitrogen and oxygen atoms in total. The number of nitrogens with one attached hydrogen (secondary N) is 3. The topological polar surface area (TPSA) is 66.0 Å². The van der Waals surface area contributed by atoms with Gasteiger partial charge in [0, 0.05) is 30.4 Å². The van der Waals surface area contributed by atoms with Crippen LogP contribution in [-0.4, -0.2) is 17.6 Å². The fourth-order valence-electron chi connectivity index (χ4n) is 1.95. The number of hydrogen-bond donors (Lipinski definition) is 3. The van der Waals surface area contributed by atoms with Gasteiger partial charge in [-0.05, 0) is 31.0 Å². The molecule has 3 N–H and O–H groups in total. The number of carbonyl (C=O) groups excluding carboxylic acids is 1. The average Bonchev–Trinajstić information content (AvgIpc) is 3.06. The fraction of sp³-hybridized carbons (Fsp3) is 0.375. The molecule has 0 aliphatic carbocycles. The van der Waals surface area contributed by atoms with E-state index in [1.807, 2.05) is 36.6 Å². The van der Waals surface area contributed by atoms with Crippen LogP contribution in [0, 0.1) is 0 Å². The van der Waals surface area contributed by atoms with Crippen molar-refractivity contribution in [1.29, 1.82) is 0 Å². The van der Waals surface area contributed by atoms with Gasteiger partial charge in [-0.1, -0.05) is 19.1 Å². The van der Waals surface area contributed by atoms with Gasteiger partial charge in [0.1, 0.15) is 5.01 Å². The maximum absolute atomic E-state index is 11.9. The average molecular weight is 318 g/mol. The predicted molar refractivity (Wildman–Crippen MR) is 91.1 cm³/mol. The minimum Gasteiger partial charge on any atom is -0.385 e. The van der Waals surface area contributed by atoms with Crippen molar-refractivity contribution in [3.63, 3.8) is 0 Å². The quantitative estimate of drug-likeness (QED) is 0.732. The summed E-state index contributed by atoms with van der Waals surface area (Å²) in [6.07, 6.45) is 2.84. The first kappa shape index (κ1) is 16.3. The Hall–Kier alpha value is -2.08. The van der Waals surface area contributed by atoms with Crippen LogP contribution in [0.3, 0.4) is 0 Å². The van der Waals surface area contributed by atoms with E-state index in [1.54, 1.807) is 6.20 Å². The molecular formula is C16H22N4OS. The lowest BCUT2D eigenvalue weighted by atomic mass is 10.2. The number of urea groups is 1. The van der Waals surface area contributed by atoms with E-state index in [1.165, 1.54) is 11.3 Å². The molecule has 1 aromatic carbocycles. The molecule has 0 aliphatic heterocycles. The number of nitrogens with zero attached hydrogens (tertiary/aromatic N) is 1. The number of benzene rings is 1. The number of hydrogen-bond acceptors (Lipinski definition) is 4. The van der Waals surface area contributed by atoms with Crippen molar-refractivity contribution in [2.24, 2.45) is 0 Å². The van der Waals surface area contributed by atoms with E-state index < -0.39 is 0 Å². The molecule has 0 unspecified atom stereocenters. The molecule has 2 rings (SSSR count). The van der Waals surface area contributed by atoms with Crippen LogP contribution in [0.5, 0.6) is 0 Å². The molecule has 1 heterocycles. The third-order valence-corrected chi connectivity index (χ3v) is 4.11. The minimum atomic E-state index is -0.184. The van der Waals surface area contributed by atoms with Crippen molar-refractivity contribution < 1.29 is 4.79 Å². The Labute approximate surface area is 135 Å². The number of aromatic nitrogens is 1. The molecule has 22 heavy (non-hydrogen) atoms. The van der Waals surface area contributed by atoms with Gasteiger partial charge in [0.15, 0.2) is 0 Å². The first-order valence-corrected chi connectivity index (χ1v) is 8.33. The third-order valence-electron chi connectivity index (χ3n) is 3.16. The van der Waals surface area contributed by atoms with E-state index in [0.717, 1.165) is 29.2 Å². The van der Waals surface area contributed by atoms with Crippen LogP contribution in [-0.2, 0) is 6.54 Å². The number of carbonyl (C=O) groups is 1. The molecule has 0 radical (unpaired) electrons. The summed E-state index contributed by atoms with van der Waals surface area (Å²) < 4.78 is 0. The SMILES string of the molecule is CCCNc1ccc(CNC(=O)N[C@H](C)c2nccs2)cc1. The van der Waals surface area contributed by atoms with Gasteiger partial charge in [0.05, 0.1) is 6.04 Å². The van der Waals surface area contributed by atoms with Gasteiger partial charge in [-0.3, -0.25) is 0 Å². The van der Waals surface area contributed by atoms with Gasteiger partial charge in [-0.25, -0.2) is 9.78 Å². The maximum Gasteiger partial charge on any atom is 0.315 e. The van der Waals surface area contributed by atoms with Gasteiger partial charge in [-0.2, -0.15) is 0 Å². The van der Waals surface area contributed by atoms with Crippen LogP contribution in [0.1, 0.15) is 36.9 Å². The molecule has 0 aliphatic rings. The molecule has 0 bridgehead atoms. The highest BCUT2D eigenvalue weighted by Crippen LogP contribution is 2.14. The van der Waals surface area contributed by atoms with Crippen LogP contribution in [0.4, 0.5) is 10.5 Å². The van der Waals surface area contributed by atoms with Crippen LogP contribution in [0.15, 0.2) is 35.8 Å². The Kier molecular flexibility index (Phi) is 6.21. The highest BCUT2D eigenvalue weighted by atomic mass is 32.1. The summed E-state index contributed by atoms with van der Waals surface area (Å²) in [5.41, 5.74) is 2.17. The highest BCUT2D eigenvalue weighted by molar-refractivity contribution is 7.09. The molecule has 0 saturated carbocycles. The Balaban J connectivity index is 1.76. The standard InChI is InChI=1S/C16H22N4OS/c1-3-8-17-14-6-4-13(5-7-14)11-19-16(21)20-12(2)15-18-9-10-22-15/h4-7,9-10,12,17H,3,8,11H2,1-2H3,(H2,19,20,21)/t12-/m1/s1. The Morgan fingerprint density at radius 2 is 2.09 bits per heavy atom. The van der Waals surface area contributed by atoms with Crippen LogP contribution >= 0.6 is 11.3 Å². The number of anilines is 1. The van der Waals surface area contributed by atoms with Crippen molar-refractivity contribution in [2.45, 2.75) is 32.9 Å². The Bertz CT molecular complexity index is 568. The van der Waals surface area contributed by atoms with Crippen molar-refractivity contribution in [3.05, 3.63) is 46.4 Å². The van der Waals surface area contributed by atoms with Crippen molar-refractivity contribution in [3.8, 4) is 0 Å². The second kappa shape index (κ2) is 8.38. The molecular weight excluding hydrogens is 296 g/mol. The van der Waals surface area contributed by atoms with E-state index in [9.17, 15) is 4.79 Å². The van der Waals surface area contributed by atoms with Crippen LogP contribution in [0.2, 0.25) is 0 Å². The second-order valence-corrected chi connectivity index (χ2v) is 5.97. The monoisotopic (exact) mass is 318 g/mol. The van der Waals surface area contributed by atoms with Gasteiger partial charge in [-0.15, -0.1) is 11.3 Å². The Morgan fingerprint density at radius 1 is 1.32 bits per heavy atom. The first-order chi connectivity index (χ1) is 10.7. The number of amides is 2. The summed E-state index contributed by atoms with van der Waals surface area (Å²) in [7, 11) is 0. The van der Waals surface area contributed by atoms with Gasteiger partial charge in [0.25, 0.3) is 0 Å².